The molecule has 32 heavy (non-hydrogen) atoms. The molecular formula is C19H19BrF3N3O5S. The molecule has 2 aromatic carbocycles. The fraction of sp³-hybridized carbons (Fsp3) is 0.263. The standard InChI is InChI=1S/C19H19BrF3N3O5S/c1-30-16-8-12(7-15(20)18(16)31-2)10-24-25-17(27)11-26(32(3,28)29)14-6-4-5-13(9-14)19(21,22)23/h4-10H,11H2,1-3H3,(H,25,27)/b24-10-. The highest BCUT2D eigenvalue weighted by molar-refractivity contribution is 9.10. The summed E-state index contributed by atoms with van der Waals surface area (Å²) in [5, 5.41) is 3.76. The molecule has 0 fully saturated rings. The molecule has 1 amide bonds. The van der Waals surface area contributed by atoms with E-state index in [1.807, 2.05) is 0 Å². The third-order valence-electron chi connectivity index (χ3n) is 4.01. The lowest BCUT2D eigenvalue weighted by atomic mass is 10.2. The van der Waals surface area contributed by atoms with Gasteiger partial charge in [-0.3, -0.25) is 9.10 Å². The summed E-state index contributed by atoms with van der Waals surface area (Å²) in [6, 6.07) is 6.90. The predicted octanol–water partition coefficient (Wildman–Crippen LogP) is 3.40. The Morgan fingerprint density at radius 3 is 2.47 bits per heavy atom. The molecule has 0 aromatic heterocycles. The van der Waals surface area contributed by atoms with Crippen LogP contribution in [0.15, 0.2) is 46.0 Å². The molecule has 0 saturated carbocycles. The van der Waals surface area contributed by atoms with Crippen LogP contribution in [0.3, 0.4) is 0 Å². The Hall–Kier alpha value is -2.80. The Balaban J connectivity index is 2.18. The zero-order chi connectivity index (χ0) is 24.1. The van der Waals surface area contributed by atoms with Crippen LogP contribution in [0.5, 0.6) is 11.5 Å². The zero-order valence-electron chi connectivity index (χ0n) is 17.1. The molecular weight excluding hydrogens is 519 g/mol. The third-order valence-corrected chi connectivity index (χ3v) is 5.74. The molecule has 0 bridgehead atoms. The maximum atomic E-state index is 13.0. The second-order valence-corrected chi connectivity index (χ2v) is 9.11. The van der Waals surface area contributed by atoms with E-state index in [9.17, 15) is 26.4 Å². The molecule has 0 atom stereocenters. The van der Waals surface area contributed by atoms with Crippen molar-refractivity contribution in [2.75, 3.05) is 31.3 Å². The highest BCUT2D eigenvalue weighted by Crippen LogP contribution is 2.36. The quantitative estimate of drug-likeness (QED) is 0.411. The number of carbonyl (C=O) groups is 1. The van der Waals surface area contributed by atoms with Gasteiger partial charge in [0.2, 0.25) is 10.0 Å². The van der Waals surface area contributed by atoms with Crippen molar-refractivity contribution in [1.29, 1.82) is 0 Å². The average molecular weight is 538 g/mol. The summed E-state index contributed by atoms with van der Waals surface area (Å²) in [6.45, 7) is -0.771. The summed E-state index contributed by atoms with van der Waals surface area (Å²) < 4.78 is 74.6. The van der Waals surface area contributed by atoms with Gasteiger partial charge in [-0.05, 0) is 51.8 Å². The summed E-state index contributed by atoms with van der Waals surface area (Å²) in [6.07, 6.45) is -2.61. The number of alkyl halides is 3. The molecule has 0 heterocycles. The first kappa shape index (κ1) is 25.5. The molecule has 0 aliphatic carbocycles. The number of ether oxygens (including phenoxy) is 2. The summed E-state index contributed by atoms with van der Waals surface area (Å²) in [5.74, 6) is 0.00430. The number of nitrogens with one attached hydrogen (secondary N) is 1. The number of benzene rings is 2. The van der Waals surface area contributed by atoms with Crippen molar-refractivity contribution in [3.63, 3.8) is 0 Å². The van der Waals surface area contributed by atoms with E-state index in [-0.39, 0.29) is 5.69 Å². The predicted molar refractivity (Wildman–Crippen MR) is 117 cm³/mol. The van der Waals surface area contributed by atoms with Crippen molar-refractivity contribution in [3.8, 4) is 11.5 Å². The Morgan fingerprint density at radius 2 is 1.91 bits per heavy atom. The molecule has 0 spiro atoms. The van der Waals surface area contributed by atoms with Crippen molar-refractivity contribution in [2.45, 2.75) is 6.18 Å². The number of anilines is 1. The van der Waals surface area contributed by atoms with Gasteiger partial charge >= 0.3 is 6.18 Å². The first-order chi connectivity index (χ1) is 14.9. The van der Waals surface area contributed by atoms with Gasteiger partial charge < -0.3 is 9.47 Å². The van der Waals surface area contributed by atoms with Crippen molar-refractivity contribution in [2.24, 2.45) is 5.10 Å². The minimum absolute atomic E-state index is 0.301. The molecule has 13 heteroatoms. The maximum absolute atomic E-state index is 13.0. The lowest BCUT2D eigenvalue weighted by Crippen LogP contribution is -2.39. The van der Waals surface area contributed by atoms with Crippen LogP contribution < -0.4 is 19.2 Å². The SMILES string of the molecule is COc1cc(/C=N\NC(=O)CN(c2cccc(C(F)(F)F)c2)S(C)(=O)=O)cc(Br)c1OC. The number of carbonyl (C=O) groups excluding carboxylic acids is 1. The van der Waals surface area contributed by atoms with Gasteiger partial charge in [0.15, 0.2) is 11.5 Å². The van der Waals surface area contributed by atoms with Crippen molar-refractivity contribution < 1.29 is 35.9 Å². The van der Waals surface area contributed by atoms with Crippen LogP contribution in [0.25, 0.3) is 0 Å². The van der Waals surface area contributed by atoms with E-state index in [1.165, 1.54) is 20.4 Å². The van der Waals surface area contributed by atoms with Crippen LogP contribution in [0.4, 0.5) is 18.9 Å². The number of amides is 1. The highest BCUT2D eigenvalue weighted by Gasteiger charge is 2.32. The Kier molecular flexibility index (Phi) is 8.13. The van der Waals surface area contributed by atoms with Gasteiger partial charge in [0.1, 0.15) is 6.54 Å². The third kappa shape index (κ3) is 6.60. The number of halogens is 4. The van der Waals surface area contributed by atoms with Crippen molar-refractivity contribution in [1.82, 2.24) is 5.43 Å². The van der Waals surface area contributed by atoms with Crippen LogP contribution in [0.1, 0.15) is 11.1 Å². The second-order valence-electron chi connectivity index (χ2n) is 6.35. The molecule has 174 valence electrons. The van der Waals surface area contributed by atoms with Gasteiger partial charge in [0, 0.05) is 0 Å². The molecule has 0 saturated heterocycles. The Morgan fingerprint density at radius 1 is 1.22 bits per heavy atom. The number of hydrogen-bond acceptors (Lipinski definition) is 6. The lowest BCUT2D eigenvalue weighted by Gasteiger charge is -2.22. The average Bonchev–Trinajstić information content (AvgIpc) is 2.70. The van der Waals surface area contributed by atoms with Gasteiger partial charge in [-0.15, -0.1) is 0 Å². The van der Waals surface area contributed by atoms with E-state index in [0.29, 0.717) is 31.9 Å². The van der Waals surface area contributed by atoms with Crippen molar-refractivity contribution in [3.05, 3.63) is 52.0 Å². The smallest absolute Gasteiger partial charge is 0.416 e. The topological polar surface area (TPSA) is 97.3 Å². The molecule has 1 N–H and O–H groups in total. The number of rotatable bonds is 8. The minimum atomic E-state index is -4.67. The number of hydrazone groups is 1. The lowest BCUT2D eigenvalue weighted by molar-refractivity contribution is -0.137. The summed E-state index contributed by atoms with van der Waals surface area (Å²) in [4.78, 5) is 12.2. The van der Waals surface area contributed by atoms with Crippen LogP contribution in [0.2, 0.25) is 0 Å². The molecule has 0 aliphatic rings. The van der Waals surface area contributed by atoms with Gasteiger partial charge in [-0.25, -0.2) is 13.8 Å². The number of nitrogens with zero attached hydrogens (tertiary/aromatic N) is 2. The molecule has 2 rings (SSSR count). The first-order valence-corrected chi connectivity index (χ1v) is 11.4. The van der Waals surface area contributed by atoms with E-state index < -0.39 is 34.2 Å². The van der Waals surface area contributed by atoms with Gasteiger partial charge in [-0.2, -0.15) is 18.3 Å². The van der Waals surface area contributed by atoms with E-state index >= 15 is 0 Å². The molecule has 2 aromatic rings. The van der Waals surface area contributed by atoms with E-state index in [2.05, 4.69) is 26.5 Å². The van der Waals surface area contributed by atoms with E-state index in [1.54, 1.807) is 12.1 Å². The first-order valence-electron chi connectivity index (χ1n) is 8.75. The van der Waals surface area contributed by atoms with Crippen LogP contribution in [-0.4, -0.2) is 47.6 Å². The fourth-order valence-electron chi connectivity index (χ4n) is 2.59. The van der Waals surface area contributed by atoms with E-state index in [0.717, 1.165) is 24.5 Å². The van der Waals surface area contributed by atoms with Gasteiger partial charge in [0.25, 0.3) is 5.91 Å². The largest absolute Gasteiger partial charge is 0.493 e. The summed E-state index contributed by atoms with van der Waals surface area (Å²) in [5.41, 5.74) is 1.33. The second kappa shape index (κ2) is 10.2. The fourth-order valence-corrected chi connectivity index (χ4v) is 4.06. The zero-order valence-corrected chi connectivity index (χ0v) is 19.5. The number of hydrogen-bond donors (Lipinski definition) is 1. The Labute approximate surface area is 191 Å². The molecule has 0 radical (unpaired) electrons. The molecule has 8 nitrogen and oxygen atoms in total. The highest BCUT2D eigenvalue weighted by atomic mass is 79.9. The maximum Gasteiger partial charge on any atom is 0.416 e. The van der Waals surface area contributed by atoms with Crippen LogP contribution >= 0.6 is 15.9 Å². The molecule has 0 aliphatic heterocycles. The Bertz CT molecular complexity index is 1120. The van der Waals surface area contributed by atoms with Crippen molar-refractivity contribution >= 4 is 43.8 Å². The normalized spacial score (nSPS) is 12.0. The number of methoxy groups -OCH3 is 2. The minimum Gasteiger partial charge on any atom is -0.493 e. The van der Waals surface area contributed by atoms with E-state index in [4.69, 9.17) is 9.47 Å². The van der Waals surface area contributed by atoms with Crippen LogP contribution in [-0.2, 0) is 21.0 Å². The monoisotopic (exact) mass is 537 g/mol. The number of sulfonamides is 1. The molecule has 0 unspecified atom stereocenters. The summed E-state index contributed by atoms with van der Waals surface area (Å²) >= 11 is 3.31. The van der Waals surface area contributed by atoms with Gasteiger partial charge in [-0.1, -0.05) is 6.07 Å². The van der Waals surface area contributed by atoms with Crippen LogP contribution in [0, 0.1) is 0 Å². The van der Waals surface area contributed by atoms with Gasteiger partial charge in [0.05, 0.1) is 42.4 Å². The summed E-state index contributed by atoms with van der Waals surface area (Å²) in [7, 11) is -1.15.